The van der Waals surface area contributed by atoms with Crippen molar-refractivity contribution in [2.45, 2.75) is 6.54 Å². The zero-order valence-electron chi connectivity index (χ0n) is 9.18. The predicted octanol–water partition coefficient (Wildman–Crippen LogP) is 5.51. The molecule has 0 amide bonds. The van der Waals surface area contributed by atoms with Crippen molar-refractivity contribution >= 4 is 44.8 Å². The van der Waals surface area contributed by atoms with Gasteiger partial charge in [0.1, 0.15) is 5.82 Å². The smallest absolute Gasteiger partial charge is 0.146 e. The highest BCUT2D eigenvalue weighted by molar-refractivity contribution is 9.10. The Morgan fingerprint density at radius 1 is 1.06 bits per heavy atom. The monoisotopic (exact) mass is 347 g/mol. The van der Waals surface area contributed by atoms with E-state index < -0.39 is 5.82 Å². The van der Waals surface area contributed by atoms with Crippen LogP contribution in [0.1, 0.15) is 5.56 Å². The summed E-state index contributed by atoms with van der Waals surface area (Å²) in [4.78, 5) is 0. The highest BCUT2D eigenvalue weighted by atomic mass is 79.9. The Labute approximate surface area is 123 Å². The summed E-state index contributed by atoms with van der Waals surface area (Å²) in [7, 11) is 0. The lowest BCUT2D eigenvalue weighted by Gasteiger charge is -2.10. The lowest BCUT2D eigenvalue weighted by molar-refractivity contribution is 0.613. The van der Waals surface area contributed by atoms with Gasteiger partial charge >= 0.3 is 0 Å². The second kappa shape index (κ2) is 5.91. The Morgan fingerprint density at radius 3 is 2.50 bits per heavy atom. The second-order valence-electron chi connectivity index (χ2n) is 3.67. The summed E-state index contributed by atoms with van der Waals surface area (Å²) < 4.78 is 14.4. The van der Waals surface area contributed by atoms with Crippen LogP contribution < -0.4 is 5.32 Å². The van der Waals surface area contributed by atoms with Crippen LogP contribution in [-0.4, -0.2) is 0 Å². The van der Waals surface area contributed by atoms with Crippen molar-refractivity contribution in [3.8, 4) is 0 Å². The first-order valence-corrected chi connectivity index (χ1v) is 6.75. The SMILES string of the molecule is Fc1c(Cl)cccc1CNc1cccc(Cl)c1Br. The van der Waals surface area contributed by atoms with E-state index in [-0.39, 0.29) is 5.02 Å². The van der Waals surface area contributed by atoms with Crippen LogP contribution in [0.5, 0.6) is 0 Å². The number of nitrogens with one attached hydrogen (secondary N) is 1. The van der Waals surface area contributed by atoms with Crippen molar-refractivity contribution in [1.29, 1.82) is 0 Å². The van der Waals surface area contributed by atoms with E-state index in [1.807, 2.05) is 12.1 Å². The minimum absolute atomic E-state index is 0.124. The molecule has 18 heavy (non-hydrogen) atoms. The highest BCUT2D eigenvalue weighted by Crippen LogP contribution is 2.30. The van der Waals surface area contributed by atoms with E-state index in [9.17, 15) is 4.39 Å². The molecule has 94 valence electrons. The van der Waals surface area contributed by atoms with Gasteiger partial charge in [-0.2, -0.15) is 0 Å². The van der Waals surface area contributed by atoms with Crippen LogP contribution in [0.25, 0.3) is 0 Å². The molecule has 1 N–H and O–H groups in total. The molecule has 0 aromatic heterocycles. The topological polar surface area (TPSA) is 12.0 Å². The number of hydrogen-bond acceptors (Lipinski definition) is 1. The molecule has 0 aliphatic heterocycles. The van der Waals surface area contributed by atoms with E-state index in [1.165, 1.54) is 6.07 Å². The number of rotatable bonds is 3. The van der Waals surface area contributed by atoms with E-state index in [4.69, 9.17) is 23.2 Å². The second-order valence-corrected chi connectivity index (χ2v) is 5.28. The lowest BCUT2D eigenvalue weighted by atomic mass is 10.2. The summed E-state index contributed by atoms with van der Waals surface area (Å²) in [5.41, 5.74) is 1.32. The fraction of sp³-hybridized carbons (Fsp3) is 0.0769. The van der Waals surface area contributed by atoms with Crippen LogP contribution in [0, 0.1) is 5.82 Å². The molecular weight excluding hydrogens is 340 g/mol. The summed E-state index contributed by atoms with van der Waals surface area (Å²) in [6, 6.07) is 10.4. The van der Waals surface area contributed by atoms with E-state index >= 15 is 0 Å². The molecule has 0 saturated heterocycles. The molecule has 0 aliphatic carbocycles. The molecule has 0 radical (unpaired) electrons. The van der Waals surface area contributed by atoms with E-state index in [0.29, 0.717) is 17.1 Å². The number of hydrogen-bond donors (Lipinski definition) is 1. The van der Waals surface area contributed by atoms with Gasteiger partial charge in [0.15, 0.2) is 0 Å². The first kappa shape index (κ1) is 13.7. The molecule has 0 aliphatic rings. The van der Waals surface area contributed by atoms with Gasteiger partial charge in [-0.15, -0.1) is 0 Å². The van der Waals surface area contributed by atoms with Crippen LogP contribution in [0.2, 0.25) is 10.0 Å². The van der Waals surface area contributed by atoms with Crippen LogP contribution in [0.3, 0.4) is 0 Å². The Kier molecular flexibility index (Phi) is 4.49. The highest BCUT2D eigenvalue weighted by Gasteiger charge is 2.07. The Morgan fingerprint density at radius 2 is 1.72 bits per heavy atom. The molecule has 1 nitrogen and oxygen atoms in total. The van der Waals surface area contributed by atoms with Gasteiger partial charge in [-0.1, -0.05) is 41.4 Å². The number of benzene rings is 2. The van der Waals surface area contributed by atoms with Gasteiger partial charge < -0.3 is 5.32 Å². The van der Waals surface area contributed by atoms with Crippen molar-refractivity contribution in [3.05, 3.63) is 62.3 Å². The predicted molar refractivity (Wildman–Crippen MR) is 77.9 cm³/mol. The number of halogens is 4. The molecule has 0 unspecified atom stereocenters. The largest absolute Gasteiger partial charge is 0.380 e. The van der Waals surface area contributed by atoms with Gasteiger partial charge in [0.2, 0.25) is 0 Å². The molecule has 2 aromatic rings. The van der Waals surface area contributed by atoms with Crippen LogP contribution in [-0.2, 0) is 6.54 Å². The van der Waals surface area contributed by atoms with Crippen molar-refractivity contribution < 1.29 is 4.39 Å². The van der Waals surface area contributed by atoms with Crippen molar-refractivity contribution in [3.63, 3.8) is 0 Å². The van der Waals surface area contributed by atoms with Crippen LogP contribution in [0.15, 0.2) is 40.9 Å². The van der Waals surface area contributed by atoms with Gasteiger partial charge in [-0.3, -0.25) is 0 Å². The summed E-state index contributed by atoms with van der Waals surface area (Å²) in [5.74, 6) is -0.398. The third kappa shape index (κ3) is 2.97. The third-order valence-corrected chi connectivity index (χ3v) is 4.14. The van der Waals surface area contributed by atoms with Crippen molar-refractivity contribution in [2.75, 3.05) is 5.32 Å². The zero-order valence-corrected chi connectivity index (χ0v) is 12.3. The van der Waals surface area contributed by atoms with E-state index in [2.05, 4.69) is 21.2 Å². The minimum Gasteiger partial charge on any atom is -0.380 e. The Bertz CT molecular complexity index is 523. The normalized spacial score (nSPS) is 10.4. The first-order chi connectivity index (χ1) is 8.59. The van der Waals surface area contributed by atoms with Crippen molar-refractivity contribution in [1.82, 2.24) is 0 Å². The first-order valence-electron chi connectivity index (χ1n) is 5.20. The van der Waals surface area contributed by atoms with E-state index in [0.717, 1.165) is 10.2 Å². The lowest BCUT2D eigenvalue weighted by Crippen LogP contribution is -2.02. The molecule has 0 saturated carbocycles. The fourth-order valence-electron chi connectivity index (χ4n) is 1.52. The Balaban J connectivity index is 2.17. The van der Waals surface area contributed by atoms with Gasteiger partial charge in [0, 0.05) is 12.1 Å². The quantitative estimate of drug-likeness (QED) is 0.771. The molecule has 0 spiro atoms. The molecule has 0 heterocycles. The fourth-order valence-corrected chi connectivity index (χ4v) is 2.29. The number of anilines is 1. The van der Waals surface area contributed by atoms with Gasteiger partial charge in [0.25, 0.3) is 0 Å². The zero-order chi connectivity index (χ0) is 13.1. The van der Waals surface area contributed by atoms with E-state index in [1.54, 1.807) is 18.2 Å². The maximum absolute atomic E-state index is 13.7. The summed E-state index contributed by atoms with van der Waals surface area (Å²) in [5, 5.41) is 3.84. The molecule has 5 heteroatoms. The maximum Gasteiger partial charge on any atom is 0.146 e. The molecular formula is C13H9BrCl2FN. The van der Waals surface area contributed by atoms with Gasteiger partial charge in [0.05, 0.1) is 20.2 Å². The molecule has 2 aromatic carbocycles. The van der Waals surface area contributed by atoms with Crippen LogP contribution in [0.4, 0.5) is 10.1 Å². The van der Waals surface area contributed by atoms with Gasteiger partial charge in [-0.25, -0.2) is 4.39 Å². The summed E-state index contributed by atoms with van der Waals surface area (Å²) in [6.45, 7) is 0.339. The summed E-state index contributed by atoms with van der Waals surface area (Å²) in [6.07, 6.45) is 0. The summed E-state index contributed by atoms with van der Waals surface area (Å²) >= 11 is 15.1. The Hall–Kier alpha value is -0.770. The average Bonchev–Trinajstić information content (AvgIpc) is 2.36. The molecule has 0 bridgehead atoms. The molecule has 2 rings (SSSR count). The average molecular weight is 349 g/mol. The van der Waals surface area contributed by atoms with Crippen LogP contribution >= 0.6 is 39.1 Å². The van der Waals surface area contributed by atoms with Gasteiger partial charge in [-0.05, 0) is 34.1 Å². The third-order valence-electron chi connectivity index (χ3n) is 2.45. The van der Waals surface area contributed by atoms with Crippen molar-refractivity contribution in [2.24, 2.45) is 0 Å². The molecule has 0 fully saturated rings. The maximum atomic E-state index is 13.7. The standard InChI is InChI=1S/C13H9BrCl2FN/c14-12-9(15)4-2-6-11(12)18-7-8-3-1-5-10(16)13(8)17/h1-6,18H,7H2. The molecule has 0 atom stereocenters. The minimum atomic E-state index is -0.398.